The molecule has 7 nitrogen and oxygen atoms in total. The van der Waals surface area contributed by atoms with Crippen LogP contribution >= 0.6 is 0 Å². The number of fused-ring (bicyclic) bond motifs is 1. The van der Waals surface area contributed by atoms with Crippen molar-refractivity contribution in [1.82, 2.24) is 9.55 Å². The largest absolute Gasteiger partial charge is 0.382 e. The molecule has 0 amide bonds. The molecule has 0 aliphatic rings. The second kappa shape index (κ2) is 5.84. The SMILES string of the molecule is CCCn1cnc2cc(N/N=C(\C#N)C(=N)N)ccc21. The second-order valence-electron chi connectivity index (χ2n) is 4.24. The maximum atomic E-state index is 8.75. The van der Waals surface area contributed by atoms with Crippen LogP contribution in [-0.4, -0.2) is 21.1 Å². The minimum atomic E-state index is -0.367. The van der Waals surface area contributed by atoms with Crippen molar-refractivity contribution in [2.24, 2.45) is 10.8 Å². The number of hydrazone groups is 1. The van der Waals surface area contributed by atoms with Crippen molar-refractivity contribution < 1.29 is 0 Å². The fourth-order valence-corrected chi connectivity index (χ4v) is 1.82. The van der Waals surface area contributed by atoms with E-state index in [2.05, 4.69) is 27.0 Å². The number of nitriles is 1. The molecule has 0 aliphatic carbocycles. The van der Waals surface area contributed by atoms with E-state index in [1.54, 1.807) is 12.4 Å². The molecule has 4 N–H and O–H groups in total. The number of amidine groups is 1. The van der Waals surface area contributed by atoms with Crippen LogP contribution in [-0.2, 0) is 6.54 Å². The summed E-state index contributed by atoms with van der Waals surface area (Å²) in [6, 6.07) is 7.36. The third-order valence-corrected chi connectivity index (χ3v) is 2.74. The summed E-state index contributed by atoms with van der Waals surface area (Å²) >= 11 is 0. The van der Waals surface area contributed by atoms with Crippen molar-refractivity contribution in [1.29, 1.82) is 10.7 Å². The Labute approximate surface area is 116 Å². The summed E-state index contributed by atoms with van der Waals surface area (Å²) in [6.45, 7) is 3.03. The maximum absolute atomic E-state index is 8.75. The van der Waals surface area contributed by atoms with E-state index >= 15 is 0 Å². The van der Waals surface area contributed by atoms with Gasteiger partial charge in [-0.15, -0.1) is 0 Å². The van der Waals surface area contributed by atoms with E-state index in [-0.39, 0.29) is 11.5 Å². The van der Waals surface area contributed by atoms with Crippen LogP contribution in [0.25, 0.3) is 11.0 Å². The highest BCUT2D eigenvalue weighted by Gasteiger charge is 2.04. The number of rotatable bonds is 5. The Morgan fingerprint density at radius 3 is 3.05 bits per heavy atom. The molecule has 0 aliphatic heterocycles. The van der Waals surface area contributed by atoms with E-state index < -0.39 is 0 Å². The lowest BCUT2D eigenvalue weighted by atomic mass is 10.3. The highest BCUT2D eigenvalue weighted by molar-refractivity contribution is 6.45. The summed E-state index contributed by atoms with van der Waals surface area (Å²) in [5, 5.41) is 19.7. The summed E-state index contributed by atoms with van der Waals surface area (Å²) in [6.07, 6.45) is 2.84. The molecule has 20 heavy (non-hydrogen) atoms. The van der Waals surface area contributed by atoms with E-state index in [0.717, 1.165) is 24.0 Å². The number of hydrogen-bond acceptors (Lipinski definition) is 5. The zero-order valence-corrected chi connectivity index (χ0v) is 11.1. The van der Waals surface area contributed by atoms with Crippen LogP contribution in [0, 0.1) is 16.7 Å². The summed E-state index contributed by atoms with van der Waals surface area (Å²) in [4.78, 5) is 4.32. The Morgan fingerprint density at radius 2 is 2.40 bits per heavy atom. The van der Waals surface area contributed by atoms with Gasteiger partial charge in [-0.2, -0.15) is 10.4 Å². The number of nitrogens with zero attached hydrogens (tertiary/aromatic N) is 4. The first-order valence-corrected chi connectivity index (χ1v) is 6.18. The molecule has 0 bridgehead atoms. The quantitative estimate of drug-likeness (QED) is 0.435. The summed E-state index contributed by atoms with van der Waals surface area (Å²) in [7, 11) is 0. The van der Waals surface area contributed by atoms with Gasteiger partial charge in [-0.1, -0.05) is 6.92 Å². The Kier molecular flexibility index (Phi) is 3.96. The van der Waals surface area contributed by atoms with Gasteiger partial charge in [-0.3, -0.25) is 10.8 Å². The van der Waals surface area contributed by atoms with Crippen molar-refractivity contribution in [3.05, 3.63) is 24.5 Å². The predicted octanol–water partition coefficient (Wildman–Crippen LogP) is 1.67. The number of anilines is 1. The molecule has 0 unspecified atom stereocenters. The van der Waals surface area contributed by atoms with Gasteiger partial charge in [-0.25, -0.2) is 4.98 Å². The normalized spacial score (nSPS) is 11.3. The van der Waals surface area contributed by atoms with Gasteiger partial charge in [0.2, 0.25) is 5.71 Å². The zero-order chi connectivity index (χ0) is 14.5. The minimum absolute atomic E-state index is 0.151. The smallest absolute Gasteiger partial charge is 0.201 e. The highest BCUT2D eigenvalue weighted by atomic mass is 15.3. The topological polar surface area (TPSA) is 116 Å². The van der Waals surface area contributed by atoms with E-state index in [1.165, 1.54) is 0 Å². The van der Waals surface area contributed by atoms with Gasteiger partial charge >= 0.3 is 0 Å². The predicted molar refractivity (Wildman–Crippen MR) is 78.6 cm³/mol. The van der Waals surface area contributed by atoms with Gasteiger partial charge in [-0.05, 0) is 24.6 Å². The molecule has 2 rings (SSSR count). The van der Waals surface area contributed by atoms with Crippen LogP contribution < -0.4 is 11.2 Å². The van der Waals surface area contributed by atoms with E-state index in [1.807, 2.05) is 18.2 Å². The van der Waals surface area contributed by atoms with Crippen LogP contribution in [0.4, 0.5) is 5.69 Å². The minimum Gasteiger partial charge on any atom is -0.382 e. The van der Waals surface area contributed by atoms with Crippen molar-refractivity contribution in [3.63, 3.8) is 0 Å². The van der Waals surface area contributed by atoms with Gasteiger partial charge in [0.15, 0.2) is 5.84 Å². The van der Waals surface area contributed by atoms with E-state index in [9.17, 15) is 0 Å². The number of nitrogens with one attached hydrogen (secondary N) is 2. The molecule has 0 radical (unpaired) electrons. The van der Waals surface area contributed by atoms with Crippen molar-refractivity contribution in [3.8, 4) is 6.07 Å². The fourth-order valence-electron chi connectivity index (χ4n) is 1.82. The summed E-state index contributed by atoms with van der Waals surface area (Å²) in [5.41, 5.74) is 10.4. The number of benzene rings is 1. The van der Waals surface area contributed by atoms with Crippen molar-refractivity contribution >= 4 is 28.3 Å². The first-order valence-electron chi connectivity index (χ1n) is 6.18. The Balaban J connectivity index is 2.25. The number of imidazole rings is 1. The molecule has 0 atom stereocenters. The molecule has 2 aromatic rings. The van der Waals surface area contributed by atoms with Gasteiger partial charge < -0.3 is 10.3 Å². The second-order valence-corrected chi connectivity index (χ2v) is 4.24. The molecule has 1 aromatic carbocycles. The third-order valence-electron chi connectivity index (χ3n) is 2.74. The molecular formula is C13H15N7. The van der Waals surface area contributed by atoms with Crippen LogP contribution in [0.5, 0.6) is 0 Å². The Bertz CT molecular complexity index is 705. The molecule has 0 fully saturated rings. The first-order chi connectivity index (χ1) is 9.65. The van der Waals surface area contributed by atoms with Gasteiger partial charge in [0.1, 0.15) is 6.07 Å². The third kappa shape index (κ3) is 2.75. The number of aromatic nitrogens is 2. The molecular weight excluding hydrogens is 254 g/mol. The zero-order valence-electron chi connectivity index (χ0n) is 11.1. The summed E-state index contributed by atoms with van der Waals surface area (Å²) in [5.74, 6) is -0.367. The maximum Gasteiger partial charge on any atom is 0.201 e. The van der Waals surface area contributed by atoms with Crippen LogP contribution in [0.2, 0.25) is 0 Å². The van der Waals surface area contributed by atoms with Crippen LogP contribution in [0.15, 0.2) is 29.6 Å². The van der Waals surface area contributed by atoms with Crippen molar-refractivity contribution in [2.45, 2.75) is 19.9 Å². The average molecular weight is 269 g/mol. The molecule has 0 saturated carbocycles. The van der Waals surface area contributed by atoms with Crippen LogP contribution in [0.3, 0.4) is 0 Å². The van der Waals surface area contributed by atoms with Gasteiger partial charge in [0, 0.05) is 6.54 Å². The molecule has 102 valence electrons. The molecule has 7 heteroatoms. The standard InChI is InChI=1S/C13H15N7/c1-2-5-20-8-17-10-6-9(3-4-12(10)20)18-19-11(7-14)13(15)16/h3-4,6,8,18H,2,5H2,1H3,(H3,15,16)/b19-11+. The average Bonchev–Trinajstić information content (AvgIpc) is 2.82. The fraction of sp³-hybridized carbons (Fsp3) is 0.231. The summed E-state index contributed by atoms with van der Waals surface area (Å²) < 4.78 is 2.08. The molecule has 0 saturated heterocycles. The number of hydrogen-bond donors (Lipinski definition) is 3. The number of aryl methyl sites for hydroxylation is 1. The number of nitrogens with two attached hydrogens (primary N) is 1. The monoisotopic (exact) mass is 269 g/mol. The lowest BCUT2D eigenvalue weighted by molar-refractivity contribution is 0.697. The van der Waals surface area contributed by atoms with E-state index in [4.69, 9.17) is 16.4 Å². The van der Waals surface area contributed by atoms with Crippen LogP contribution in [0.1, 0.15) is 13.3 Å². The molecule has 1 aromatic heterocycles. The van der Waals surface area contributed by atoms with E-state index in [0.29, 0.717) is 5.69 Å². The lowest BCUT2D eigenvalue weighted by Gasteiger charge is -2.03. The Hall–Kier alpha value is -2.88. The van der Waals surface area contributed by atoms with Gasteiger partial charge in [0.25, 0.3) is 0 Å². The van der Waals surface area contributed by atoms with Gasteiger partial charge in [0.05, 0.1) is 23.0 Å². The highest BCUT2D eigenvalue weighted by Crippen LogP contribution is 2.18. The van der Waals surface area contributed by atoms with Crippen molar-refractivity contribution in [2.75, 3.05) is 5.43 Å². The Morgan fingerprint density at radius 1 is 1.60 bits per heavy atom. The molecule has 1 heterocycles. The lowest BCUT2D eigenvalue weighted by Crippen LogP contribution is -2.21. The molecule has 0 spiro atoms. The first kappa shape index (κ1) is 13.5.